The first-order valence-electron chi connectivity index (χ1n) is 11.3. The minimum Gasteiger partial charge on any atom is -0.494 e. The molecule has 4 rings (SSSR count). The molecule has 3 aromatic rings. The van der Waals surface area contributed by atoms with E-state index in [0.717, 1.165) is 0 Å². The van der Waals surface area contributed by atoms with Crippen LogP contribution in [0.15, 0.2) is 48.5 Å². The number of rotatable bonds is 7. The van der Waals surface area contributed by atoms with Crippen LogP contribution in [-0.2, 0) is 6.61 Å². The number of aliphatic hydroxyl groups excluding tert-OH is 1. The van der Waals surface area contributed by atoms with Crippen LogP contribution in [0.5, 0.6) is 11.5 Å². The van der Waals surface area contributed by atoms with Gasteiger partial charge in [-0.1, -0.05) is 36.4 Å². The Morgan fingerprint density at radius 2 is 1.41 bits per heavy atom. The SMILES string of the molecule is COc1ccc(OCC2CCC(c3ccc(-c4ccc(CO)cc4)c(F)c3F)CC2)c(F)c1F. The van der Waals surface area contributed by atoms with Crippen molar-refractivity contribution in [1.29, 1.82) is 0 Å². The zero-order chi connectivity index (χ0) is 24.2. The Labute approximate surface area is 196 Å². The molecule has 34 heavy (non-hydrogen) atoms. The molecule has 0 aliphatic heterocycles. The Morgan fingerprint density at radius 3 is 2.06 bits per heavy atom. The van der Waals surface area contributed by atoms with E-state index < -0.39 is 23.3 Å². The fourth-order valence-electron chi connectivity index (χ4n) is 4.52. The van der Waals surface area contributed by atoms with Gasteiger partial charge in [0.05, 0.1) is 20.3 Å². The molecule has 0 unspecified atom stereocenters. The van der Waals surface area contributed by atoms with E-state index >= 15 is 0 Å². The molecule has 0 aromatic heterocycles. The molecule has 0 bridgehead atoms. The third-order valence-corrected chi connectivity index (χ3v) is 6.55. The second kappa shape index (κ2) is 10.5. The molecule has 0 spiro atoms. The summed E-state index contributed by atoms with van der Waals surface area (Å²) >= 11 is 0. The van der Waals surface area contributed by atoms with Gasteiger partial charge in [-0.3, -0.25) is 0 Å². The van der Waals surface area contributed by atoms with Gasteiger partial charge >= 0.3 is 0 Å². The third kappa shape index (κ3) is 4.89. The van der Waals surface area contributed by atoms with Gasteiger partial charge in [0, 0.05) is 5.56 Å². The lowest BCUT2D eigenvalue weighted by Crippen LogP contribution is -2.20. The summed E-state index contributed by atoms with van der Waals surface area (Å²) in [7, 11) is 1.26. The molecule has 180 valence electrons. The monoisotopic (exact) mass is 474 g/mol. The predicted octanol–water partition coefficient (Wildman–Crippen LogP) is 6.76. The largest absolute Gasteiger partial charge is 0.494 e. The van der Waals surface area contributed by atoms with Crippen LogP contribution in [0.4, 0.5) is 17.6 Å². The highest BCUT2D eigenvalue weighted by atomic mass is 19.2. The zero-order valence-electron chi connectivity index (χ0n) is 18.8. The van der Waals surface area contributed by atoms with Gasteiger partial charge in [-0.2, -0.15) is 8.78 Å². The second-order valence-electron chi connectivity index (χ2n) is 8.61. The number of halogens is 4. The molecule has 1 N–H and O–H groups in total. The minimum absolute atomic E-state index is 0.109. The highest BCUT2D eigenvalue weighted by Gasteiger charge is 2.27. The maximum absolute atomic E-state index is 15.0. The van der Waals surface area contributed by atoms with E-state index in [0.29, 0.717) is 42.4 Å². The first-order chi connectivity index (χ1) is 16.4. The van der Waals surface area contributed by atoms with Crippen LogP contribution in [0.2, 0.25) is 0 Å². The van der Waals surface area contributed by atoms with Gasteiger partial charge in [0.25, 0.3) is 0 Å². The summed E-state index contributed by atoms with van der Waals surface area (Å²) in [6, 6.07) is 12.6. The Hall–Kier alpha value is -3.06. The Bertz CT molecular complexity index is 1140. The number of hydrogen-bond acceptors (Lipinski definition) is 3. The van der Waals surface area contributed by atoms with Crippen molar-refractivity contribution in [1.82, 2.24) is 0 Å². The molecule has 0 radical (unpaired) electrons. The Kier molecular flexibility index (Phi) is 7.41. The van der Waals surface area contributed by atoms with Gasteiger partial charge in [-0.15, -0.1) is 0 Å². The van der Waals surface area contributed by atoms with Crippen molar-refractivity contribution >= 4 is 0 Å². The summed E-state index contributed by atoms with van der Waals surface area (Å²) < 4.78 is 68.0. The smallest absolute Gasteiger partial charge is 0.204 e. The van der Waals surface area contributed by atoms with Crippen LogP contribution >= 0.6 is 0 Å². The van der Waals surface area contributed by atoms with Crippen LogP contribution in [0, 0.1) is 29.2 Å². The summed E-state index contributed by atoms with van der Waals surface area (Å²) in [4.78, 5) is 0. The highest BCUT2D eigenvalue weighted by molar-refractivity contribution is 5.65. The quantitative estimate of drug-likeness (QED) is 0.385. The van der Waals surface area contributed by atoms with E-state index in [1.165, 1.54) is 19.2 Å². The van der Waals surface area contributed by atoms with Crippen molar-refractivity contribution in [2.45, 2.75) is 38.2 Å². The molecule has 0 heterocycles. The molecule has 0 amide bonds. The van der Waals surface area contributed by atoms with Crippen LogP contribution in [-0.4, -0.2) is 18.8 Å². The molecule has 1 fully saturated rings. The van der Waals surface area contributed by atoms with Crippen LogP contribution in [0.3, 0.4) is 0 Å². The summed E-state index contributed by atoms with van der Waals surface area (Å²) in [5.74, 6) is -4.25. The summed E-state index contributed by atoms with van der Waals surface area (Å²) in [5, 5.41) is 9.15. The average molecular weight is 474 g/mol. The van der Waals surface area contributed by atoms with Crippen molar-refractivity contribution in [2.24, 2.45) is 5.92 Å². The van der Waals surface area contributed by atoms with Crippen molar-refractivity contribution in [3.8, 4) is 22.6 Å². The van der Waals surface area contributed by atoms with E-state index in [4.69, 9.17) is 14.6 Å². The molecule has 1 saturated carbocycles. The predicted molar refractivity (Wildman–Crippen MR) is 121 cm³/mol. The normalized spacial score (nSPS) is 18.1. The van der Waals surface area contributed by atoms with Gasteiger partial charge in [-0.05, 0) is 66.3 Å². The molecular formula is C27H26F4O3. The van der Waals surface area contributed by atoms with Crippen molar-refractivity contribution in [3.05, 3.63) is 82.9 Å². The van der Waals surface area contributed by atoms with Crippen molar-refractivity contribution in [3.63, 3.8) is 0 Å². The molecule has 1 aliphatic carbocycles. The van der Waals surface area contributed by atoms with Crippen LogP contribution in [0.25, 0.3) is 11.1 Å². The number of aliphatic hydroxyl groups is 1. The number of methoxy groups -OCH3 is 1. The summed E-state index contributed by atoms with van der Waals surface area (Å²) in [6.07, 6.45) is 2.70. The maximum atomic E-state index is 15.0. The van der Waals surface area contributed by atoms with Gasteiger partial charge in [0.15, 0.2) is 23.1 Å². The second-order valence-corrected chi connectivity index (χ2v) is 8.61. The van der Waals surface area contributed by atoms with Crippen LogP contribution < -0.4 is 9.47 Å². The molecule has 3 nitrogen and oxygen atoms in total. The van der Waals surface area contributed by atoms with E-state index in [-0.39, 0.29) is 42.1 Å². The standard InChI is InChI=1S/C27H26F4O3/c1-33-22-12-13-23(27(31)26(22)30)34-15-17-4-8-19(9-5-17)21-11-10-20(24(28)25(21)29)18-6-2-16(14-32)3-7-18/h2-3,6-7,10-13,17,19,32H,4-5,8-9,14-15H2,1H3. The van der Waals surface area contributed by atoms with Crippen molar-refractivity contribution < 1.29 is 32.1 Å². The third-order valence-electron chi connectivity index (χ3n) is 6.55. The number of benzene rings is 3. The first-order valence-corrected chi connectivity index (χ1v) is 11.3. The summed E-state index contributed by atoms with van der Waals surface area (Å²) in [6.45, 7) is 0.102. The van der Waals surface area contributed by atoms with Crippen molar-refractivity contribution in [2.75, 3.05) is 13.7 Å². The molecule has 7 heteroatoms. The number of hydrogen-bond donors (Lipinski definition) is 1. The van der Waals surface area contributed by atoms with E-state index in [2.05, 4.69) is 0 Å². The van der Waals surface area contributed by atoms with E-state index in [1.54, 1.807) is 36.4 Å². The Morgan fingerprint density at radius 1 is 0.765 bits per heavy atom. The Balaban J connectivity index is 1.38. The number of ether oxygens (including phenoxy) is 2. The highest BCUT2D eigenvalue weighted by Crippen LogP contribution is 2.39. The minimum atomic E-state index is -1.09. The van der Waals surface area contributed by atoms with Crippen LogP contribution in [0.1, 0.15) is 42.7 Å². The lowest BCUT2D eigenvalue weighted by molar-refractivity contribution is 0.191. The summed E-state index contributed by atoms with van der Waals surface area (Å²) in [5.41, 5.74) is 1.78. The van der Waals surface area contributed by atoms with Gasteiger partial charge in [0.1, 0.15) is 0 Å². The fourth-order valence-corrected chi connectivity index (χ4v) is 4.52. The molecule has 0 atom stereocenters. The van der Waals surface area contributed by atoms with E-state index in [9.17, 15) is 17.6 Å². The topological polar surface area (TPSA) is 38.7 Å². The fraction of sp³-hybridized carbons (Fsp3) is 0.333. The molecule has 3 aromatic carbocycles. The van der Waals surface area contributed by atoms with Gasteiger partial charge in [-0.25, -0.2) is 8.78 Å². The van der Waals surface area contributed by atoms with Gasteiger partial charge in [0.2, 0.25) is 11.6 Å². The lowest BCUT2D eigenvalue weighted by Gasteiger charge is -2.29. The first kappa shape index (κ1) is 24.1. The molecule has 0 saturated heterocycles. The average Bonchev–Trinajstić information content (AvgIpc) is 2.87. The van der Waals surface area contributed by atoms with E-state index in [1.807, 2.05) is 0 Å². The van der Waals surface area contributed by atoms with Gasteiger partial charge < -0.3 is 14.6 Å². The molecular weight excluding hydrogens is 448 g/mol. The zero-order valence-corrected chi connectivity index (χ0v) is 18.8. The maximum Gasteiger partial charge on any atom is 0.204 e. The molecule has 1 aliphatic rings. The lowest BCUT2D eigenvalue weighted by atomic mass is 9.78.